The number of benzene rings is 1. The second-order valence-corrected chi connectivity index (χ2v) is 7.19. The molecule has 138 valence electrons. The monoisotopic (exact) mass is 371 g/mol. The van der Waals surface area contributed by atoms with Crippen LogP contribution in [0.1, 0.15) is 24.8 Å². The van der Waals surface area contributed by atoms with E-state index in [0.717, 1.165) is 12.8 Å². The number of methoxy groups -OCH3 is 1. The maximum absolute atomic E-state index is 13.5. The molecule has 0 saturated carbocycles. The number of ether oxygens (including phenoxy) is 1. The van der Waals surface area contributed by atoms with Gasteiger partial charge in [0.05, 0.1) is 30.5 Å². The molecule has 1 aromatic carbocycles. The minimum Gasteiger partial charge on any atom is -0.497 e. The second-order valence-electron chi connectivity index (χ2n) is 7.19. The Hall–Kier alpha value is -3.76. The minimum absolute atomic E-state index is 0.141. The summed E-state index contributed by atoms with van der Waals surface area (Å²) in [5.41, 5.74) is 4.43. The highest BCUT2D eigenvalue weighted by Crippen LogP contribution is 2.63. The van der Waals surface area contributed by atoms with Crippen molar-refractivity contribution in [2.24, 2.45) is 17.1 Å². The van der Waals surface area contributed by atoms with E-state index in [-0.39, 0.29) is 11.3 Å². The number of rotatable bonds is 1. The zero-order chi connectivity index (χ0) is 20.1. The second kappa shape index (κ2) is 5.87. The van der Waals surface area contributed by atoms with Crippen molar-refractivity contribution >= 4 is 11.6 Å². The molecule has 1 aromatic rings. The van der Waals surface area contributed by atoms with Crippen LogP contribution in [0.25, 0.3) is 0 Å². The molecule has 0 aromatic heterocycles. The van der Waals surface area contributed by atoms with E-state index in [2.05, 4.69) is 11.4 Å². The lowest BCUT2D eigenvalue weighted by molar-refractivity contribution is -0.125. The van der Waals surface area contributed by atoms with E-state index in [0.29, 0.717) is 29.0 Å². The smallest absolute Gasteiger partial charge is 0.238 e. The standard InChI is InChI=1S/C21H17N5O2/c1-28-12-6-7-17-16(8-12)21(19(27)26-17)15-5-3-2-4-13(15)14(9-22)18(25)20(21,10-23)11-24/h4,6-8,15H,2-3,5,25H2,1H3,(H,26,27). The maximum atomic E-state index is 13.5. The number of carbonyl (C=O) groups is 1. The van der Waals surface area contributed by atoms with Gasteiger partial charge in [0.15, 0.2) is 0 Å². The van der Waals surface area contributed by atoms with Crippen LogP contribution in [0, 0.1) is 45.3 Å². The quantitative estimate of drug-likeness (QED) is 0.778. The molecule has 1 spiro atoms. The van der Waals surface area contributed by atoms with Gasteiger partial charge in [-0.25, -0.2) is 0 Å². The van der Waals surface area contributed by atoms with Crippen molar-refractivity contribution in [1.82, 2.24) is 0 Å². The number of anilines is 1. The zero-order valence-electron chi connectivity index (χ0n) is 15.2. The van der Waals surface area contributed by atoms with Gasteiger partial charge in [0.1, 0.15) is 17.2 Å². The van der Waals surface area contributed by atoms with E-state index in [1.807, 2.05) is 18.2 Å². The SMILES string of the molecule is COc1ccc2c(c1)C1(C(=O)N2)C2CCCC=C2C(C#N)=C(N)C1(C#N)C#N. The molecule has 0 bridgehead atoms. The average Bonchev–Trinajstić information content (AvgIpc) is 3.02. The van der Waals surface area contributed by atoms with Crippen LogP contribution in [-0.2, 0) is 10.2 Å². The number of amides is 1. The number of allylic oxidation sites excluding steroid dienone is 4. The Morgan fingerprint density at radius 3 is 2.68 bits per heavy atom. The van der Waals surface area contributed by atoms with Gasteiger partial charge < -0.3 is 15.8 Å². The number of nitrogens with one attached hydrogen (secondary N) is 1. The van der Waals surface area contributed by atoms with Crippen LogP contribution in [0.15, 0.2) is 41.1 Å². The Bertz CT molecular complexity index is 1080. The third kappa shape index (κ3) is 1.77. The first kappa shape index (κ1) is 17.6. The first-order valence-corrected chi connectivity index (χ1v) is 8.95. The number of fused-ring (bicyclic) bond motifs is 4. The van der Waals surface area contributed by atoms with Crippen LogP contribution in [-0.4, -0.2) is 13.0 Å². The molecule has 2 aliphatic carbocycles. The Morgan fingerprint density at radius 2 is 2.04 bits per heavy atom. The van der Waals surface area contributed by atoms with Gasteiger partial charge in [0.2, 0.25) is 11.3 Å². The first-order chi connectivity index (χ1) is 13.5. The lowest BCUT2D eigenvalue weighted by Gasteiger charge is -2.49. The van der Waals surface area contributed by atoms with E-state index < -0.39 is 22.7 Å². The molecule has 1 aliphatic heterocycles. The van der Waals surface area contributed by atoms with Gasteiger partial charge >= 0.3 is 0 Å². The van der Waals surface area contributed by atoms with Crippen molar-refractivity contribution in [3.63, 3.8) is 0 Å². The summed E-state index contributed by atoms with van der Waals surface area (Å²) in [6.45, 7) is 0. The van der Waals surface area contributed by atoms with Crippen molar-refractivity contribution in [2.75, 3.05) is 12.4 Å². The van der Waals surface area contributed by atoms with Gasteiger partial charge in [-0.1, -0.05) is 6.08 Å². The van der Waals surface area contributed by atoms with Gasteiger partial charge in [-0.3, -0.25) is 4.79 Å². The van der Waals surface area contributed by atoms with Crippen molar-refractivity contribution in [1.29, 1.82) is 15.8 Å². The topological polar surface area (TPSA) is 136 Å². The van der Waals surface area contributed by atoms with Crippen LogP contribution < -0.4 is 15.8 Å². The average molecular weight is 371 g/mol. The van der Waals surface area contributed by atoms with Gasteiger partial charge in [-0.15, -0.1) is 0 Å². The van der Waals surface area contributed by atoms with E-state index in [1.54, 1.807) is 18.2 Å². The van der Waals surface area contributed by atoms with Crippen LogP contribution in [0.4, 0.5) is 5.69 Å². The van der Waals surface area contributed by atoms with E-state index in [9.17, 15) is 20.6 Å². The molecule has 7 nitrogen and oxygen atoms in total. The summed E-state index contributed by atoms with van der Waals surface area (Å²) < 4.78 is 5.33. The molecule has 2 unspecified atom stereocenters. The Labute approximate surface area is 162 Å². The summed E-state index contributed by atoms with van der Waals surface area (Å²) >= 11 is 0. The Balaban J connectivity index is 2.19. The molecule has 3 aliphatic rings. The third-order valence-electron chi connectivity index (χ3n) is 6.22. The molecule has 2 atom stereocenters. The Kier molecular flexibility index (Phi) is 3.70. The van der Waals surface area contributed by atoms with Crippen LogP contribution in [0.2, 0.25) is 0 Å². The lowest BCUT2D eigenvalue weighted by atomic mass is 9.47. The lowest BCUT2D eigenvalue weighted by Crippen LogP contribution is -2.60. The molecule has 1 amide bonds. The minimum atomic E-state index is -2.00. The molecule has 0 fully saturated rings. The number of nitrogens with zero attached hydrogens (tertiary/aromatic N) is 3. The molecule has 3 N–H and O–H groups in total. The number of nitrogens with two attached hydrogens (primary N) is 1. The van der Waals surface area contributed by atoms with Gasteiger partial charge in [0, 0.05) is 11.6 Å². The molecule has 4 rings (SSSR count). The number of nitriles is 3. The van der Waals surface area contributed by atoms with E-state index in [4.69, 9.17) is 10.5 Å². The fourth-order valence-corrected chi connectivity index (χ4v) is 5.01. The largest absolute Gasteiger partial charge is 0.497 e. The van der Waals surface area contributed by atoms with Gasteiger partial charge in [-0.2, -0.15) is 15.8 Å². The van der Waals surface area contributed by atoms with Gasteiger partial charge in [0.25, 0.3) is 0 Å². The van der Waals surface area contributed by atoms with Crippen molar-refractivity contribution in [3.05, 3.63) is 46.7 Å². The van der Waals surface area contributed by atoms with Crippen LogP contribution in [0.3, 0.4) is 0 Å². The zero-order valence-corrected chi connectivity index (χ0v) is 15.2. The molecule has 0 saturated heterocycles. The molecule has 7 heteroatoms. The number of carbonyl (C=O) groups excluding carboxylic acids is 1. The normalized spacial score (nSPS) is 26.9. The highest BCUT2D eigenvalue weighted by molar-refractivity contribution is 6.09. The van der Waals surface area contributed by atoms with Gasteiger partial charge in [-0.05, 0) is 48.6 Å². The predicted molar refractivity (Wildman–Crippen MR) is 99.2 cm³/mol. The van der Waals surface area contributed by atoms with Crippen molar-refractivity contribution < 1.29 is 9.53 Å². The van der Waals surface area contributed by atoms with Crippen LogP contribution >= 0.6 is 0 Å². The maximum Gasteiger partial charge on any atom is 0.238 e. The highest BCUT2D eigenvalue weighted by Gasteiger charge is 2.71. The molecule has 1 heterocycles. The third-order valence-corrected chi connectivity index (χ3v) is 6.22. The predicted octanol–water partition coefficient (Wildman–Crippen LogP) is 2.40. The molecular weight excluding hydrogens is 354 g/mol. The molecular formula is C21H17N5O2. The molecule has 28 heavy (non-hydrogen) atoms. The Morgan fingerprint density at radius 1 is 1.29 bits per heavy atom. The fraction of sp³-hybridized carbons (Fsp3) is 0.333. The fourth-order valence-electron chi connectivity index (χ4n) is 5.01. The number of hydrogen-bond acceptors (Lipinski definition) is 6. The number of hydrogen-bond donors (Lipinski definition) is 2. The summed E-state index contributed by atoms with van der Waals surface area (Å²) in [4.78, 5) is 13.5. The first-order valence-electron chi connectivity index (χ1n) is 8.95. The highest BCUT2D eigenvalue weighted by atomic mass is 16.5. The van der Waals surface area contributed by atoms with E-state index in [1.165, 1.54) is 7.11 Å². The molecule has 0 radical (unpaired) electrons. The summed E-state index contributed by atoms with van der Waals surface area (Å²) in [6.07, 6.45) is 4.01. The summed E-state index contributed by atoms with van der Waals surface area (Å²) in [6, 6.07) is 11.2. The van der Waals surface area contributed by atoms with E-state index >= 15 is 0 Å². The van der Waals surface area contributed by atoms with Crippen LogP contribution in [0.5, 0.6) is 5.75 Å². The van der Waals surface area contributed by atoms with Crippen molar-refractivity contribution in [2.45, 2.75) is 24.7 Å². The summed E-state index contributed by atoms with van der Waals surface area (Å²) in [5.74, 6) is -0.443. The van der Waals surface area contributed by atoms with Crippen molar-refractivity contribution in [3.8, 4) is 24.0 Å². The summed E-state index contributed by atoms with van der Waals surface area (Å²) in [5, 5.41) is 32.9. The summed E-state index contributed by atoms with van der Waals surface area (Å²) in [7, 11) is 1.51.